The molecule has 0 saturated heterocycles. The van der Waals surface area contributed by atoms with E-state index in [1.54, 1.807) is 6.20 Å². The first-order valence-corrected chi connectivity index (χ1v) is 4.07. The van der Waals surface area contributed by atoms with Crippen LogP contribution in [0.5, 0.6) is 0 Å². The molecule has 0 aromatic heterocycles. The van der Waals surface area contributed by atoms with Crippen LogP contribution in [0.3, 0.4) is 0 Å². The summed E-state index contributed by atoms with van der Waals surface area (Å²) in [5, 5.41) is 9.18. The maximum atomic E-state index is 9.18. The number of aliphatic hydroxyl groups excluding tert-OH is 1. The molecule has 0 atom stereocenters. The van der Waals surface area contributed by atoms with Gasteiger partial charge in [-0.2, -0.15) is 0 Å². The highest BCUT2D eigenvalue weighted by molar-refractivity contribution is 5.50. The fraction of sp³-hybridized carbons (Fsp3) is 0.200. The monoisotopic (exact) mass is 161 g/mol. The lowest BCUT2D eigenvalue weighted by molar-refractivity contribution is 0.400. The zero-order valence-corrected chi connectivity index (χ0v) is 6.77. The van der Waals surface area contributed by atoms with Crippen LogP contribution in [0.15, 0.2) is 42.3 Å². The molecule has 1 aliphatic heterocycles. The normalized spacial score (nSPS) is 16.3. The number of benzene rings is 1. The van der Waals surface area contributed by atoms with Crippen molar-refractivity contribution in [3.8, 4) is 0 Å². The van der Waals surface area contributed by atoms with Crippen LogP contribution in [0, 0.1) is 0 Å². The highest BCUT2D eigenvalue weighted by atomic mass is 16.3. The van der Waals surface area contributed by atoms with Crippen LogP contribution in [-0.2, 0) is 0 Å². The van der Waals surface area contributed by atoms with Gasteiger partial charge in [0.1, 0.15) is 5.76 Å². The third-order valence-electron chi connectivity index (χ3n) is 2.00. The van der Waals surface area contributed by atoms with E-state index in [1.807, 2.05) is 30.3 Å². The molecule has 0 spiro atoms. The van der Waals surface area contributed by atoms with Gasteiger partial charge >= 0.3 is 0 Å². The Bertz CT molecular complexity index is 292. The molecule has 0 aliphatic carbocycles. The Labute approximate surface area is 71.7 Å². The van der Waals surface area contributed by atoms with Crippen molar-refractivity contribution in [2.45, 2.75) is 6.42 Å². The molecule has 0 fully saturated rings. The molecule has 1 heterocycles. The van der Waals surface area contributed by atoms with Crippen molar-refractivity contribution in [2.75, 3.05) is 11.4 Å². The van der Waals surface area contributed by atoms with E-state index in [4.69, 9.17) is 0 Å². The fourth-order valence-electron chi connectivity index (χ4n) is 1.37. The van der Waals surface area contributed by atoms with Crippen molar-refractivity contribution in [3.63, 3.8) is 0 Å². The molecule has 2 rings (SSSR count). The number of hydrogen-bond donors (Lipinski definition) is 1. The maximum Gasteiger partial charge on any atom is 0.110 e. The number of nitrogens with zero attached hydrogens (tertiary/aromatic N) is 1. The van der Waals surface area contributed by atoms with E-state index in [0.717, 1.165) is 18.7 Å². The summed E-state index contributed by atoms with van der Waals surface area (Å²) >= 11 is 0. The van der Waals surface area contributed by atoms with E-state index in [0.29, 0.717) is 5.76 Å². The summed E-state index contributed by atoms with van der Waals surface area (Å²) in [5.41, 5.74) is 1.14. The number of hydrogen-bond acceptors (Lipinski definition) is 2. The molecule has 1 aromatic rings. The maximum absolute atomic E-state index is 9.18. The first kappa shape index (κ1) is 7.22. The Kier molecular flexibility index (Phi) is 1.74. The molecule has 2 nitrogen and oxygen atoms in total. The Morgan fingerprint density at radius 1 is 1.17 bits per heavy atom. The van der Waals surface area contributed by atoms with Gasteiger partial charge in [0.05, 0.1) is 0 Å². The molecule has 1 N–H and O–H groups in total. The van der Waals surface area contributed by atoms with Gasteiger partial charge in [0.25, 0.3) is 0 Å². The largest absolute Gasteiger partial charge is 0.511 e. The SMILES string of the molecule is OC1=CN(c2ccccc2)CC1. The Morgan fingerprint density at radius 3 is 2.50 bits per heavy atom. The van der Waals surface area contributed by atoms with Crippen LogP contribution < -0.4 is 4.90 Å². The molecule has 0 radical (unpaired) electrons. The topological polar surface area (TPSA) is 23.5 Å². The van der Waals surface area contributed by atoms with Gasteiger partial charge in [-0.15, -0.1) is 0 Å². The zero-order chi connectivity index (χ0) is 8.39. The molecular weight excluding hydrogens is 150 g/mol. The molecule has 1 aromatic carbocycles. The van der Waals surface area contributed by atoms with Crippen LogP contribution >= 0.6 is 0 Å². The van der Waals surface area contributed by atoms with Crippen molar-refractivity contribution in [3.05, 3.63) is 42.3 Å². The number of para-hydroxylation sites is 1. The fourth-order valence-corrected chi connectivity index (χ4v) is 1.37. The highest BCUT2D eigenvalue weighted by Crippen LogP contribution is 2.20. The summed E-state index contributed by atoms with van der Waals surface area (Å²) in [5.74, 6) is 0.471. The van der Waals surface area contributed by atoms with Crippen LogP contribution in [-0.4, -0.2) is 11.7 Å². The summed E-state index contributed by atoms with van der Waals surface area (Å²) in [4.78, 5) is 2.05. The summed E-state index contributed by atoms with van der Waals surface area (Å²) in [6.45, 7) is 0.885. The number of anilines is 1. The summed E-state index contributed by atoms with van der Waals surface area (Å²) in [6.07, 6.45) is 2.55. The lowest BCUT2D eigenvalue weighted by Crippen LogP contribution is -2.11. The first-order chi connectivity index (χ1) is 5.86. The van der Waals surface area contributed by atoms with Crippen molar-refractivity contribution in [1.29, 1.82) is 0 Å². The van der Waals surface area contributed by atoms with Crippen molar-refractivity contribution < 1.29 is 5.11 Å². The van der Waals surface area contributed by atoms with E-state index < -0.39 is 0 Å². The quantitative estimate of drug-likeness (QED) is 0.683. The smallest absolute Gasteiger partial charge is 0.110 e. The molecule has 12 heavy (non-hydrogen) atoms. The van der Waals surface area contributed by atoms with Gasteiger partial charge in [0, 0.05) is 24.9 Å². The summed E-state index contributed by atoms with van der Waals surface area (Å²) in [6, 6.07) is 10.1. The van der Waals surface area contributed by atoms with Gasteiger partial charge in [0.15, 0.2) is 0 Å². The van der Waals surface area contributed by atoms with Crippen LogP contribution in [0.1, 0.15) is 6.42 Å². The highest BCUT2D eigenvalue weighted by Gasteiger charge is 2.11. The van der Waals surface area contributed by atoms with Crippen molar-refractivity contribution in [2.24, 2.45) is 0 Å². The minimum Gasteiger partial charge on any atom is -0.511 e. The van der Waals surface area contributed by atoms with Gasteiger partial charge in [-0.05, 0) is 12.1 Å². The second kappa shape index (κ2) is 2.89. The summed E-state index contributed by atoms with van der Waals surface area (Å²) < 4.78 is 0. The van der Waals surface area contributed by atoms with Crippen molar-refractivity contribution >= 4 is 5.69 Å². The van der Waals surface area contributed by atoms with Crippen LogP contribution in [0.2, 0.25) is 0 Å². The Balaban J connectivity index is 2.22. The molecule has 1 aliphatic rings. The minimum atomic E-state index is 0.471. The van der Waals surface area contributed by atoms with Gasteiger partial charge < -0.3 is 10.0 Å². The van der Waals surface area contributed by atoms with Gasteiger partial charge in [-0.3, -0.25) is 0 Å². The number of aliphatic hydroxyl groups is 1. The van der Waals surface area contributed by atoms with E-state index >= 15 is 0 Å². The predicted molar refractivity (Wildman–Crippen MR) is 49.1 cm³/mol. The Hall–Kier alpha value is -1.44. The molecule has 62 valence electrons. The standard InChI is InChI=1S/C10H11NO/c12-10-6-7-11(8-10)9-4-2-1-3-5-9/h1-5,8,12H,6-7H2. The van der Waals surface area contributed by atoms with E-state index in [9.17, 15) is 5.11 Å². The summed E-state index contributed by atoms with van der Waals surface area (Å²) in [7, 11) is 0. The van der Waals surface area contributed by atoms with Gasteiger partial charge in [-0.25, -0.2) is 0 Å². The lowest BCUT2D eigenvalue weighted by atomic mass is 10.3. The molecule has 0 saturated carbocycles. The van der Waals surface area contributed by atoms with E-state index in [2.05, 4.69) is 4.90 Å². The molecule has 0 amide bonds. The third kappa shape index (κ3) is 1.28. The van der Waals surface area contributed by atoms with Crippen LogP contribution in [0.4, 0.5) is 5.69 Å². The zero-order valence-electron chi connectivity index (χ0n) is 6.77. The van der Waals surface area contributed by atoms with Crippen molar-refractivity contribution in [1.82, 2.24) is 0 Å². The average molecular weight is 161 g/mol. The Morgan fingerprint density at radius 2 is 1.92 bits per heavy atom. The van der Waals surface area contributed by atoms with E-state index in [-0.39, 0.29) is 0 Å². The van der Waals surface area contributed by atoms with Gasteiger partial charge in [0.2, 0.25) is 0 Å². The molecule has 0 bridgehead atoms. The average Bonchev–Trinajstić information content (AvgIpc) is 2.54. The van der Waals surface area contributed by atoms with Crippen LogP contribution in [0.25, 0.3) is 0 Å². The second-order valence-corrected chi connectivity index (χ2v) is 2.90. The molecule has 2 heteroatoms. The second-order valence-electron chi connectivity index (χ2n) is 2.90. The molecular formula is C10H11NO. The lowest BCUT2D eigenvalue weighted by Gasteiger charge is -2.13. The third-order valence-corrected chi connectivity index (χ3v) is 2.00. The molecule has 0 unspecified atom stereocenters. The minimum absolute atomic E-state index is 0.471. The van der Waals surface area contributed by atoms with E-state index in [1.165, 1.54) is 0 Å². The predicted octanol–water partition coefficient (Wildman–Crippen LogP) is 2.30. The van der Waals surface area contributed by atoms with Gasteiger partial charge in [-0.1, -0.05) is 18.2 Å². The number of rotatable bonds is 1. The first-order valence-electron chi connectivity index (χ1n) is 4.07.